The van der Waals surface area contributed by atoms with Crippen LogP contribution in [0.5, 0.6) is 0 Å². The van der Waals surface area contributed by atoms with Crippen LogP contribution in [0.25, 0.3) is 0 Å². The lowest BCUT2D eigenvalue weighted by molar-refractivity contribution is 0.521. The zero-order valence-electron chi connectivity index (χ0n) is 11.3. The fourth-order valence-electron chi connectivity index (χ4n) is 2.71. The summed E-state index contributed by atoms with van der Waals surface area (Å²) in [7, 11) is 0. The highest BCUT2D eigenvalue weighted by Crippen LogP contribution is 2.42. The van der Waals surface area contributed by atoms with Gasteiger partial charge in [-0.25, -0.2) is 4.39 Å². The van der Waals surface area contributed by atoms with E-state index >= 15 is 0 Å². The van der Waals surface area contributed by atoms with Gasteiger partial charge in [-0.05, 0) is 31.0 Å². The van der Waals surface area contributed by atoms with E-state index < -0.39 is 0 Å². The van der Waals surface area contributed by atoms with E-state index in [4.69, 9.17) is 0 Å². The van der Waals surface area contributed by atoms with Crippen LogP contribution < -0.4 is 5.32 Å². The minimum absolute atomic E-state index is 0.0295. The molecule has 1 aliphatic carbocycles. The van der Waals surface area contributed by atoms with Gasteiger partial charge in [0.25, 0.3) is 0 Å². The van der Waals surface area contributed by atoms with Crippen molar-refractivity contribution >= 4 is 15.9 Å². The highest BCUT2D eigenvalue weighted by atomic mass is 79.9. The molecule has 20 heavy (non-hydrogen) atoms. The molecule has 0 heterocycles. The van der Waals surface area contributed by atoms with Crippen molar-refractivity contribution in [2.45, 2.75) is 31.3 Å². The Morgan fingerprint density at radius 2 is 1.95 bits per heavy atom. The van der Waals surface area contributed by atoms with E-state index in [1.165, 1.54) is 11.6 Å². The Hall–Kier alpha value is -1.19. The zero-order chi connectivity index (χ0) is 14.1. The van der Waals surface area contributed by atoms with Gasteiger partial charge in [-0.3, -0.25) is 0 Å². The summed E-state index contributed by atoms with van der Waals surface area (Å²) in [4.78, 5) is 0. The maximum atomic E-state index is 13.9. The Kier molecular flexibility index (Phi) is 3.90. The van der Waals surface area contributed by atoms with Crippen LogP contribution in [-0.2, 0) is 0 Å². The van der Waals surface area contributed by atoms with Crippen molar-refractivity contribution in [1.82, 2.24) is 5.32 Å². The Labute approximate surface area is 127 Å². The summed E-state index contributed by atoms with van der Waals surface area (Å²) in [6.07, 6.45) is 1.13. The molecule has 2 aromatic rings. The van der Waals surface area contributed by atoms with Gasteiger partial charge in [-0.1, -0.05) is 52.3 Å². The first-order valence-electron chi connectivity index (χ1n) is 6.91. The topological polar surface area (TPSA) is 12.0 Å². The summed E-state index contributed by atoms with van der Waals surface area (Å²) in [6, 6.07) is 16.2. The zero-order valence-corrected chi connectivity index (χ0v) is 12.9. The molecule has 1 nitrogen and oxygen atoms in total. The second-order valence-electron chi connectivity index (χ2n) is 5.41. The second kappa shape index (κ2) is 5.66. The lowest BCUT2D eigenvalue weighted by Crippen LogP contribution is -2.23. The van der Waals surface area contributed by atoms with Gasteiger partial charge in [-0.2, -0.15) is 0 Å². The van der Waals surface area contributed by atoms with Crippen molar-refractivity contribution in [2.24, 2.45) is 0 Å². The Balaban J connectivity index is 1.65. The largest absolute Gasteiger partial charge is 0.307 e. The number of hydrogen-bond acceptors (Lipinski definition) is 1. The molecule has 0 amide bonds. The van der Waals surface area contributed by atoms with E-state index in [1.807, 2.05) is 25.1 Å². The first-order chi connectivity index (χ1) is 9.65. The van der Waals surface area contributed by atoms with Crippen LogP contribution in [0.3, 0.4) is 0 Å². The minimum atomic E-state index is -0.156. The maximum Gasteiger partial charge on any atom is 0.129 e. The summed E-state index contributed by atoms with van der Waals surface area (Å²) in [5.74, 6) is 0.411. The minimum Gasteiger partial charge on any atom is -0.307 e. The van der Waals surface area contributed by atoms with Crippen LogP contribution in [0.2, 0.25) is 0 Å². The number of rotatable bonds is 4. The molecule has 3 unspecified atom stereocenters. The van der Waals surface area contributed by atoms with Gasteiger partial charge >= 0.3 is 0 Å². The van der Waals surface area contributed by atoms with Gasteiger partial charge < -0.3 is 5.32 Å². The molecule has 0 spiro atoms. The smallest absolute Gasteiger partial charge is 0.129 e. The lowest BCUT2D eigenvalue weighted by atomic mass is 10.1. The molecule has 1 saturated carbocycles. The van der Waals surface area contributed by atoms with E-state index in [-0.39, 0.29) is 11.9 Å². The first kappa shape index (κ1) is 13.8. The summed E-state index contributed by atoms with van der Waals surface area (Å²) in [5, 5.41) is 3.52. The van der Waals surface area contributed by atoms with Crippen molar-refractivity contribution < 1.29 is 4.39 Å². The highest BCUT2D eigenvalue weighted by molar-refractivity contribution is 9.10. The second-order valence-corrected chi connectivity index (χ2v) is 6.33. The summed E-state index contributed by atoms with van der Waals surface area (Å²) < 4.78 is 14.7. The Morgan fingerprint density at radius 1 is 1.20 bits per heavy atom. The monoisotopic (exact) mass is 333 g/mol. The average molecular weight is 334 g/mol. The fraction of sp³-hybridized carbons (Fsp3) is 0.294. The van der Waals surface area contributed by atoms with E-state index in [0.29, 0.717) is 12.0 Å². The predicted molar refractivity (Wildman–Crippen MR) is 83.2 cm³/mol. The van der Waals surface area contributed by atoms with E-state index in [2.05, 4.69) is 45.5 Å². The van der Waals surface area contributed by atoms with Crippen LogP contribution in [0.15, 0.2) is 53.0 Å². The third-order valence-electron chi connectivity index (χ3n) is 3.91. The summed E-state index contributed by atoms with van der Waals surface area (Å²) >= 11 is 3.29. The molecule has 3 heteroatoms. The number of benzene rings is 2. The first-order valence-corrected chi connectivity index (χ1v) is 7.70. The van der Waals surface area contributed by atoms with Gasteiger partial charge in [0.15, 0.2) is 0 Å². The standard InChI is InChI=1S/C17H17BrFN/c1-11(14-8-7-13(18)9-16(14)19)20-17-10-15(17)12-5-3-2-4-6-12/h2-9,11,15,17,20H,10H2,1H3. The van der Waals surface area contributed by atoms with Crippen molar-refractivity contribution in [1.29, 1.82) is 0 Å². The van der Waals surface area contributed by atoms with Gasteiger partial charge in [-0.15, -0.1) is 0 Å². The molecule has 1 aliphatic rings. The number of hydrogen-bond donors (Lipinski definition) is 1. The molecular formula is C17H17BrFN. The third-order valence-corrected chi connectivity index (χ3v) is 4.40. The molecular weight excluding hydrogens is 317 g/mol. The van der Waals surface area contributed by atoms with Crippen molar-refractivity contribution in [2.75, 3.05) is 0 Å². The SMILES string of the molecule is CC(NC1CC1c1ccccc1)c1ccc(Br)cc1F. The molecule has 0 radical (unpaired) electrons. The Bertz CT molecular complexity index is 599. The molecule has 0 aliphatic heterocycles. The number of halogens is 2. The lowest BCUT2D eigenvalue weighted by Gasteiger charge is -2.15. The molecule has 1 N–H and O–H groups in total. The summed E-state index contributed by atoms with van der Waals surface area (Å²) in [5.41, 5.74) is 2.10. The van der Waals surface area contributed by atoms with Gasteiger partial charge in [0.05, 0.1) is 0 Å². The molecule has 3 rings (SSSR count). The summed E-state index contributed by atoms with van der Waals surface area (Å²) in [6.45, 7) is 2.02. The predicted octanol–water partition coefficient (Wildman–Crippen LogP) is 4.79. The van der Waals surface area contributed by atoms with E-state index in [9.17, 15) is 4.39 Å². The molecule has 104 valence electrons. The van der Waals surface area contributed by atoms with Crippen molar-refractivity contribution in [3.05, 3.63) is 69.9 Å². The van der Waals surface area contributed by atoms with Crippen molar-refractivity contribution in [3.63, 3.8) is 0 Å². The average Bonchev–Trinajstić information content (AvgIpc) is 3.18. The van der Waals surface area contributed by atoms with Crippen molar-refractivity contribution in [3.8, 4) is 0 Å². The third kappa shape index (κ3) is 2.94. The molecule has 1 fully saturated rings. The normalized spacial score (nSPS) is 22.6. The quantitative estimate of drug-likeness (QED) is 0.847. The van der Waals surface area contributed by atoms with Crippen LogP contribution in [0.1, 0.15) is 36.4 Å². The molecule has 0 aromatic heterocycles. The molecule has 0 saturated heterocycles. The number of nitrogens with one attached hydrogen (secondary N) is 1. The van der Waals surface area contributed by atoms with Crippen LogP contribution >= 0.6 is 15.9 Å². The van der Waals surface area contributed by atoms with Gasteiger partial charge in [0.1, 0.15) is 5.82 Å². The van der Waals surface area contributed by atoms with E-state index in [1.54, 1.807) is 0 Å². The Morgan fingerprint density at radius 3 is 2.65 bits per heavy atom. The van der Waals surface area contributed by atoms with E-state index in [0.717, 1.165) is 16.5 Å². The van der Waals surface area contributed by atoms with Crippen LogP contribution in [-0.4, -0.2) is 6.04 Å². The molecule has 2 aromatic carbocycles. The fourth-order valence-corrected chi connectivity index (χ4v) is 3.04. The maximum absolute atomic E-state index is 13.9. The van der Waals surface area contributed by atoms with Crippen LogP contribution in [0, 0.1) is 5.82 Å². The molecule has 3 atom stereocenters. The van der Waals surface area contributed by atoms with Gasteiger partial charge in [0, 0.05) is 28.0 Å². The highest BCUT2D eigenvalue weighted by Gasteiger charge is 2.39. The van der Waals surface area contributed by atoms with Gasteiger partial charge in [0.2, 0.25) is 0 Å². The van der Waals surface area contributed by atoms with Crippen LogP contribution in [0.4, 0.5) is 4.39 Å². The molecule has 0 bridgehead atoms.